The van der Waals surface area contributed by atoms with Crippen LogP contribution >= 0.6 is 0 Å². The molecule has 1 heterocycles. The van der Waals surface area contributed by atoms with Gasteiger partial charge in [-0.2, -0.15) is 0 Å². The number of piperidine rings is 1. The van der Waals surface area contributed by atoms with Crippen LogP contribution in [-0.4, -0.2) is 33.8 Å². The second kappa shape index (κ2) is 3.52. The standard InChI is InChI=1S/C14H17NO4/c1-14(2,3)15-9(18)4-6-10-7(16)5-8(17)12(10)11(6)13(15)19/h6,10-12H,4-5H2,1-3H3. The van der Waals surface area contributed by atoms with Gasteiger partial charge in [0.1, 0.15) is 11.6 Å². The minimum absolute atomic E-state index is 0.0562. The third-order valence-corrected chi connectivity index (χ3v) is 4.62. The van der Waals surface area contributed by atoms with Crippen LogP contribution in [0.1, 0.15) is 33.6 Å². The lowest BCUT2D eigenvalue weighted by Gasteiger charge is -2.53. The summed E-state index contributed by atoms with van der Waals surface area (Å²) in [5.41, 5.74) is -0.574. The molecule has 0 spiro atoms. The number of nitrogens with zero attached hydrogens (tertiary/aromatic N) is 1. The number of amides is 2. The fourth-order valence-corrected chi connectivity index (χ4v) is 3.94. The molecule has 0 aromatic rings. The van der Waals surface area contributed by atoms with Gasteiger partial charge in [0.15, 0.2) is 0 Å². The molecular formula is C14H17NO4. The van der Waals surface area contributed by atoms with Crippen LogP contribution in [-0.2, 0) is 19.2 Å². The van der Waals surface area contributed by atoms with Gasteiger partial charge in [-0.05, 0) is 26.7 Å². The van der Waals surface area contributed by atoms with Crippen LogP contribution in [0.3, 0.4) is 0 Å². The van der Waals surface area contributed by atoms with Crippen LogP contribution in [0.2, 0.25) is 0 Å². The van der Waals surface area contributed by atoms with Crippen molar-refractivity contribution < 1.29 is 19.2 Å². The van der Waals surface area contributed by atoms with E-state index in [4.69, 9.17) is 0 Å². The highest BCUT2D eigenvalue weighted by Gasteiger charge is 2.67. The van der Waals surface area contributed by atoms with Gasteiger partial charge in [-0.1, -0.05) is 0 Å². The second-order valence-corrected chi connectivity index (χ2v) is 6.79. The molecule has 102 valence electrons. The maximum Gasteiger partial charge on any atom is 0.233 e. The van der Waals surface area contributed by atoms with Gasteiger partial charge in [0.05, 0.1) is 12.3 Å². The predicted octanol–water partition coefficient (Wildman–Crippen LogP) is 0.564. The maximum atomic E-state index is 12.5. The third kappa shape index (κ3) is 1.47. The molecule has 19 heavy (non-hydrogen) atoms. The first-order chi connectivity index (χ1) is 8.73. The molecule has 2 saturated carbocycles. The fraction of sp³-hybridized carbons (Fsp3) is 0.714. The quantitative estimate of drug-likeness (QED) is 0.473. The average Bonchev–Trinajstić information content (AvgIpc) is 2.42. The molecule has 0 radical (unpaired) electrons. The Bertz CT molecular complexity index is 516. The molecule has 3 rings (SSSR count). The van der Waals surface area contributed by atoms with E-state index in [1.807, 2.05) is 0 Å². The molecule has 2 aliphatic carbocycles. The van der Waals surface area contributed by atoms with Crippen LogP contribution in [0, 0.1) is 23.7 Å². The Hall–Kier alpha value is -1.52. The average molecular weight is 263 g/mol. The van der Waals surface area contributed by atoms with Crippen LogP contribution in [0.15, 0.2) is 0 Å². The zero-order chi connectivity index (χ0) is 14.1. The first kappa shape index (κ1) is 12.5. The molecule has 2 amide bonds. The first-order valence-electron chi connectivity index (χ1n) is 6.66. The highest BCUT2D eigenvalue weighted by molar-refractivity contribution is 6.14. The van der Waals surface area contributed by atoms with Crippen LogP contribution in [0.4, 0.5) is 0 Å². The van der Waals surface area contributed by atoms with Crippen molar-refractivity contribution in [1.29, 1.82) is 0 Å². The normalized spacial score (nSPS) is 38.2. The van der Waals surface area contributed by atoms with Gasteiger partial charge in [0.2, 0.25) is 11.8 Å². The summed E-state index contributed by atoms with van der Waals surface area (Å²) in [6.45, 7) is 5.42. The van der Waals surface area contributed by atoms with Gasteiger partial charge in [-0.15, -0.1) is 0 Å². The van der Waals surface area contributed by atoms with E-state index in [0.717, 1.165) is 0 Å². The van der Waals surface area contributed by atoms with Crippen LogP contribution in [0.25, 0.3) is 0 Å². The number of Topliss-reactive ketones (excluding diaryl/α,β-unsaturated/α-hetero) is 2. The molecular weight excluding hydrogens is 246 g/mol. The Balaban J connectivity index is 1.95. The van der Waals surface area contributed by atoms with E-state index >= 15 is 0 Å². The Morgan fingerprint density at radius 3 is 2.11 bits per heavy atom. The minimum Gasteiger partial charge on any atom is -0.299 e. The van der Waals surface area contributed by atoms with Crippen molar-refractivity contribution in [2.75, 3.05) is 0 Å². The summed E-state index contributed by atoms with van der Waals surface area (Å²) in [6, 6.07) is 0. The largest absolute Gasteiger partial charge is 0.299 e. The lowest BCUT2D eigenvalue weighted by atomic mass is 9.54. The van der Waals surface area contributed by atoms with E-state index in [0.29, 0.717) is 0 Å². The number of likely N-dealkylation sites (tertiary alicyclic amines) is 1. The summed E-state index contributed by atoms with van der Waals surface area (Å²) in [5, 5.41) is 0. The SMILES string of the molecule is CC(C)(C)N1C(=O)CC2C3C(=O)CC(=O)C3C2C1=O. The summed E-state index contributed by atoms with van der Waals surface area (Å²) in [6.07, 6.45) is 0.160. The van der Waals surface area contributed by atoms with Crippen molar-refractivity contribution in [3.63, 3.8) is 0 Å². The summed E-state index contributed by atoms with van der Waals surface area (Å²) in [5.74, 6) is -2.19. The van der Waals surface area contributed by atoms with Crippen LogP contribution < -0.4 is 0 Å². The molecule has 0 aromatic carbocycles. The van der Waals surface area contributed by atoms with Crippen LogP contribution in [0.5, 0.6) is 0 Å². The number of imide groups is 1. The fourth-order valence-electron chi connectivity index (χ4n) is 3.94. The van der Waals surface area contributed by atoms with Gasteiger partial charge in [0.25, 0.3) is 0 Å². The third-order valence-electron chi connectivity index (χ3n) is 4.62. The van der Waals surface area contributed by atoms with E-state index in [1.54, 1.807) is 20.8 Å². The number of carbonyl (C=O) groups excluding carboxylic acids is 4. The monoisotopic (exact) mass is 263 g/mol. The van der Waals surface area contributed by atoms with Crippen molar-refractivity contribution in [3.8, 4) is 0 Å². The Morgan fingerprint density at radius 1 is 0.947 bits per heavy atom. The molecule has 5 nitrogen and oxygen atoms in total. The Morgan fingerprint density at radius 2 is 1.53 bits per heavy atom. The number of hydrogen-bond donors (Lipinski definition) is 0. The van der Waals surface area contributed by atoms with Crippen molar-refractivity contribution in [3.05, 3.63) is 0 Å². The second-order valence-electron chi connectivity index (χ2n) is 6.79. The van der Waals surface area contributed by atoms with Gasteiger partial charge in [-0.3, -0.25) is 24.1 Å². The van der Waals surface area contributed by atoms with Crippen molar-refractivity contribution in [2.24, 2.45) is 23.7 Å². The van der Waals surface area contributed by atoms with Gasteiger partial charge < -0.3 is 0 Å². The van der Waals surface area contributed by atoms with Gasteiger partial charge in [0, 0.05) is 23.8 Å². The molecule has 4 atom stereocenters. The number of ketones is 2. The summed E-state index contributed by atoms with van der Waals surface area (Å²) in [4.78, 5) is 49.4. The van der Waals surface area contributed by atoms with Crippen molar-refractivity contribution >= 4 is 23.4 Å². The summed E-state index contributed by atoms with van der Waals surface area (Å²) >= 11 is 0. The number of carbonyl (C=O) groups is 4. The molecule has 3 fully saturated rings. The van der Waals surface area contributed by atoms with E-state index < -0.39 is 17.4 Å². The zero-order valence-electron chi connectivity index (χ0n) is 11.3. The van der Waals surface area contributed by atoms with Gasteiger partial charge in [-0.25, -0.2) is 0 Å². The Kier molecular flexibility index (Phi) is 2.32. The predicted molar refractivity (Wildman–Crippen MR) is 64.8 cm³/mol. The molecule has 1 saturated heterocycles. The molecule has 1 aliphatic heterocycles. The van der Waals surface area contributed by atoms with Gasteiger partial charge >= 0.3 is 0 Å². The topological polar surface area (TPSA) is 71.5 Å². The number of rotatable bonds is 0. The Labute approximate surface area is 111 Å². The van der Waals surface area contributed by atoms with Crippen molar-refractivity contribution in [2.45, 2.75) is 39.2 Å². The smallest absolute Gasteiger partial charge is 0.233 e. The lowest BCUT2D eigenvalue weighted by molar-refractivity contribution is -0.177. The van der Waals surface area contributed by atoms with E-state index in [9.17, 15) is 19.2 Å². The number of hydrogen-bond acceptors (Lipinski definition) is 4. The zero-order valence-corrected chi connectivity index (χ0v) is 11.3. The highest BCUT2D eigenvalue weighted by Crippen LogP contribution is 2.56. The molecule has 5 heteroatoms. The molecule has 3 aliphatic rings. The molecule has 4 unspecified atom stereocenters. The summed E-state index contributed by atoms with van der Waals surface area (Å²) < 4.78 is 0. The van der Waals surface area contributed by atoms with Crippen molar-refractivity contribution in [1.82, 2.24) is 4.90 Å². The summed E-state index contributed by atoms with van der Waals surface area (Å²) in [7, 11) is 0. The van der Waals surface area contributed by atoms with E-state index in [1.165, 1.54) is 4.90 Å². The molecule has 0 bridgehead atoms. The number of fused-ring (bicyclic) bond motifs is 4. The highest BCUT2D eigenvalue weighted by atomic mass is 16.2. The first-order valence-corrected chi connectivity index (χ1v) is 6.66. The lowest BCUT2D eigenvalue weighted by Crippen LogP contribution is -2.65. The van der Waals surface area contributed by atoms with E-state index in [-0.39, 0.29) is 48.1 Å². The molecule has 0 N–H and O–H groups in total. The van der Waals surface area contributed by atoms with E-state index in [2.05, 4.69) is 0 Å². The maximum absolute atomic E-state index is 12.5. The molecule has 0 aromatic heterocycles. The minimum atomic E-state index is -0.574.